The van der Waals surface area contributed by atoms with Crippen LogP contribution in [0.1, 0.15) is 13.3 Å². The normalized spacial score (nSPS) is 9.17. The van der Waals surface area contributed by atoms with E-state index in [1.54, 1.807) is 0 Å². The Bertz CT molecular complexity index is 170. The van der Waals surface area contributed by atoms with E-state index in [4.69, 9.17) is 5.73 Å². The highest BCUT2D eigenvalue weighted by Crippen LogP contribution is 1.80. The lowest BCUT2D eigenvalue weighted by Gasteiger charge is -2.12. The predicted molar refractivity (Wildman–Crippen MR) is 45.5 cm³/mol. The Morgan fingerprint density at radius 1 is 1.50 bits per heavy atom. The lowest BCUT2D eigenvalue weighted by atomic mass is 10.4. The number of carbonyl (C=O) groups is 2. The van der Waals surface area contributed by atoms with Crippen molar-refractivity contribution in [2.75, 3.05) is 20.1 Å². The van der Waals surface area contributed by atoms with Gasteiger partial charge in [-0.3, -0.25) is 4.79 Å². The third kappa shape index (κ3) is 4.54. The summed E-state index contributed by atoms with van der Waals surface area (Å²) in [5.41, 5.74) is 4.92. The number of rotatable bonds is 4. The van der Waals surface area contributed by atoms with Gasteiger partial charge in [0.15, 0.2) is 0 Å². The topological polar surface area (TPSA) is 75.4 Å². The van der Waals surface area contributed by atoms with Gasteiger partial charge in [-0.2, -0.15) is 0 Å². The van der Waals surface area contributed by atoms with Gasteiger partial charge in [0, 0.05) is 13.6 Å². The monoisotopic (exact) mass is 173 g/mol. The molecule has 5 nitrogen and oxygen atoms in total. The van der Waals surface area contributed by atoms with Crippen molar-refractivity contribution < 1.29 is 9.59 Å². The number of nitrogens with two attached hydrogens (primary N) is 1. The summed E-state index contributed by atoms with van der Waals surface area (Å²) in [5.74, 6) is -0.182. The van der Waals surface area contributed by atoms with E-state index < -0.39 is 6.03 Å². The van der Waals surface area contributed by atoms with Crippen LogP contribution in [-0.4, -0.2) is 37.0 Å². The second-order valence-electron chi connectivity index (χ2n) is 2.54. The number of amides is 3. The molecule has 0 aliphatic rings. The average Bonchev–Trinajstić information content (AvgIpc) is 2.00. The number of nitrogens with one attached hydrogen (secondary N) is 1. The van der Waals surface area contributed by atoms with Crippen LogP contribution < -0.4 is 11.1 Å². The Kier molecular flexibility index (Phi) is 4.83. The van der Waals surface area contributed by atoms with Crippen LogP contribution >= 0.6 is 0 Å². The summed E-state index contributed by atoms with van der Waals surface area (Å²) in [6.45, 7) is 2.61. The molecule has 0 atom stereocenters. The smallest absolute Gasteiger partial charge is 0.314 e. The molecule has 0 radical (unpaired) electrons. The molecule has 0 saturated heterocycles. The Morgan fingerprint density at radius 3 is 2.50 bits per heavy atom. The minimum absolute atomic E-state index is 0.0231. The van der Waals surface area contributed by atoms with Crippen LogP contribution in [-0.2, 0) is 4.79 Å². The Morgan fingerprint density at radius 2 is 2.08 bits per heavy atom. The van der Waals surface area contributed by atoms with Crippen LogP contribution in [0.5, 0.6) is 0 Å². The van der Waals surface area contributed by atoms with E-state index in [0.29, 0.717) is 6.54 Å². The molecule has 0 heterocycles. The summed E-state index contributed by atoms with van der Waals surface area (Å²) in [6.07, 6.45) is 0.881. The quantitative estimate of drug-likeness (QED) is 0.602. The number of likely N-dealkylation sites (N-methyl/N-ethyl adjacent to an activating group) is 1. The number of nitrogens with zero attached hydrogens (tertiary/aromatic N) is 1. The molecule has 0 aromatic rings. The van der Waals surface area contributed by atoms with E-state index >= 15 is 0 Å². The zero-order chi connectivity index (χ0) is 9.56. The zero-order valence-electron chi connectivity index (χ0n) is 7.46. The summed E-state index contributed by atoms with van der Waals surface area (Å²) in [6, 6.07) is -0.596. The lowest BCUT2D eigenvalue weighted by molar-refractivity contribution is -0.121. The fourth-order valence-electron chi connectivity index (χ4n) is 0.614. The van der Waals surface area contributed by atoms with Crippen molar-refractivity contribution in [1.82, 2.24) is 10.2 Å². The molecule has 5 heteroatoms. The summed E-state index contributed by atoms with van der Waals surface area (Å²) >= 11 is 0. The van der Waals surface area contributed by atoms with E-state index in [1.807, 2.05) is 6.92 Å². The van der Waals surface area contributed by atoms with Crippen molar-refractivity contribution in [2.45, 2.75) is 13.3 Å². The molecule has 0 aliphatic heterocycles. The van der Waals surface area contributed by atoms with Gasteiger partial charge in [-0.1, -0.05) is 6.92 Å². The van der Waals surface area contributed by atoms with Crippen LogP contribution in [0.25, 0.3) is 0 Å². The zero-order valence-corrected chi connectivity index (χ0v) is 7.46. The van der Waals surface area contributed by atoms with Crippen molar-refractivity contribution in [1.29, 1.82) is 0 Å². The number of carbonyl (C=O) groups excluding carboxylic acids is 2. The van der Waals surface area contributed by atoms with Gasteiger partial charge in [-0.25, -0.2) is 4.79 Å². The average molecular weight is 173 g/mol. The first-order chi connectivity index (χ1) is 5.57. The van der Waals surface area contributed by atoms with E-state index in [9.17, 15) is 9.59 Å². The predicted octanol–water partition coefficient (Wildman–Crippen LogP) is -0.477. The maximum absolute atomic E-state index is 11.0. The molecule has 0 aliphatic carbocycles. The first-order valence-corrected chi connectivity index (χ1v) is 3.85. The van der Waals surface area contributed by atoms with Crippen molar-refractivity contribution >= 4 is 11.9 Å². The number of urea groups is 1. The van der Waals surface area contributed by atoms with Crippen molar-refractivity contribution in [3.05, 3.63) is 0 Å². The molecule has 12 heavy (non-hydrogen) atoms. The highest BCUT2D eigenvalue weighted by atomic mass is 16.2. The summed E-state index contributed by atoms with van der Waals surface area (Å²) < 4.78 is 0. The largest absolute Gasteiger partial charge is 0.355 e. The molecule has 0 unspecified atom stereocenters. The second-order valence-corrected chi connectivity index (χ2v) is 2.54. The molecule has 0 fully saturated rings. The standard InChI is InChI=1S/C7H15N3O2/c1-3-4-9-6(11)5-10(2)7(8)12/h3-5H2,1-2H3,(H2,8,12)(H,9,11). The maximum Gasteiger partial charge on any atom is 0.314 e. The van der Waals surface area contributed by atoms with Gasteiger partial charge in [0.2, 0.25) is 5.91 Å². The third-order valence-electron chi connectivity index (χ3n) is 1.33. The first-order valence-electron chi connectivity index (χ1n) is 3.85. The minimum Gasteiger partial charge on any atom is -0.355 e. The van der Waals surface area contributed by atoms with Gasteiger partial charge < -0.3 is 16.0 Å². The van der Waals surface area contributed by atoms with Gasteiger partial charge in [0.1, 0.15) is 6.54 Å². The first kappa shape index (κ1) is 10.7. The fourth-order valence-corrected chi connectivity index (χ4v) is 0.614. The Balaban J connectivity index is 3.61. The number of hydrogen-bond acceptors (Lipinski definition) is 2. The minimum atomic E-state index is -0.596. The van der Waals surface area contributed by atoms with Crippen molar-refractivity contribution in [3.8, 4) is 0 Å². The van der Waals surface area contributed by atoms with E-state index in [2.05, 4.69) is 5.32 Å². The van der Waals surface area contributed by atoms with Crippen molar-refractivity contribution in [3.63, 3.8) is 0 Å². The molecule has 3 amide bonds. The molecular weight excluding hydrogens is 158 g/mol. The highest BCUT2D eigenvalue weighted by Gasteiger charge is 2.07. The van der Waals surface area contributed by atoms with Gasteiger partial charge in [-0.05, 0) is 6.42 Å². The SMILES string of the molecule is CCCNC(=O)CN(C)C(N)=O. The Hall–Kier alpha value is -1.26. The van der Waals surface area contributed by atoms with E-state index in [0.717, 1.165) is 11.3 Å². The highest BCUT2D eigenvalue weighted by molar-refractivity contribution is 5.83. The molecule has 0 rings (SSSR count). The van der Waals surface area contributed by atoms with Crippen LogP contribution in [0.15, 0.2) is 0 Å². The van der Waals surface area contributed by atoms with Crippen LogP contribution in [0.4, 0.5) is 4.79 Å². The Labute approximate surface area is 71.9 Å². The van der Waals surface area contributed by atoms with Gasteiger partial charge in [0.25, 0.3) is 0 Å². The molecule has 0 aromatic carbocycles. The molecule has 0 aromatic heterocycles. The molecule has 0 bridgehead atoms. The molecule has 0 spiro atoms. The van der Waals surface area contributed by atoms with Gasteiger partial charge >= 0.3 is 6.03 Å². The maximum atomic E-state index is 11.0. The number of hydrogen-bond donors (Lipinski definition) is 2. The second kappa shape index (κ2) is 5.40. The summed E-state index contributed by atoms with van der Waals surface area (Å²) in [4.78, 5) is 22.6. The third-order valence-corrected chi connectivity index (χ3v) is 1.33. The molecule has 0 saturated carbocycles. The van der Waals surface area contributed by atoms with E-state index in [-0.39, 0.29) is 12.5 Å². The lowest BCUT2D eigenvalue weighted by Crippen LogP contribution is -2.40. The summed E-state index contributed by atoms with van der Waals surface area (Å²) in [5, 5.41) is 2.63. The van der Waals surface area contributed by atoms with Gasteiger partial charge in [0.05, 0.1) is 0 Å². The van der Waals surface area contributed by atoms with Crippen LogP contribution in [0.2, 0.25) is 0 Å². The van der Waals surface area contributed by atoms with Crippen molar-refractivity contribution in [2.24, 2.45) is 5.73 Å². The van der Waals surface area contributed by atoms with Gasteiger partial charge in [-0.15, -0.1) is 0 Å². The number of primary amides is 1. The van der Waals surface area contributed by atoms with Crippen LogP contribution in [0, 0.1) is 0 Å². The van der Waals surface area contributed by atoms with E-state index in [1.165, 1.54) is 7.05 Å². The molecular formula is C7H15N3O2. The molecule has 70 valence electrons. The fraction of sp³-hybridized carbons (Fsp3) is 0.714. The summed E-state index contributed by atoms with van der Waals surface area (Å²) in [7, 11) is 1.48. The molecule has 3 N–H and O–H groups in total. The van der Waals surface area contributed by atoms with Crippen LogP contribution in [0.3, 0.4) is 0 Å².